The molecule has 4 aliphatic heterocycles. The van der Waals surface area contributed by atoms with Crippen molar-refractivity contribution >= 4 is 75.9 Å². The molecule has 0 radical (unpaired) electrons. The molecule has 0 unspecified atom stereocenters. The predicted octanol–water partition coefficient (Wildman–Crippen LogP) is 13.6. The van der Waals surface area contributed by atoms with E-state index in [4.69, 9.17) is 81.2 Å². The van der Waals surface area contributed by atoms with Crippen molar-refractivity contribution in [1.29, 1.82) is 0 Å². The van der Waals surface area contributed by atoms with Crippen molar-refractivity contribution in [3.05, 3.63) is 93.0 Å². The summed E-state index contributed by atoms with van der Waals surface area (Å²) in [5.41, 5.74) is 7.43. The number of benzene rings is 4. The maximum Gasteiger partial charge on any atom is 0.401 e. The normalized spacial score (nSPS) is 28.5. The molecular formula is C32H24Cl4O8P4. The van der Waals surface area contributed by atoms with E-state index in [9.17, 15) is 0 Å². The van der Waals surface area contributed by atoms with Crippen LogP contribution in [0.4, 0.5) is 0 Å². The zero-order valence-electron chi connectivity index (χ0n) is 25.5. The van der Waals surface area contributed by atoms with Crippen LogP contribution in [-0.4, -0.2) is 0 Å². The highest BCUT2D eigenvalue weighted by molar-refractivity contribution is 7.77. The van der Waals surface area contributed by atoms with Gasteiger partial charge >= 0.3 is 30.9 Å². The summed E-state index contributed by atoms with van der Waals surface area (Å²) in [4.78, 5) is 0. The fourth-order valence-corrected chi connectivity index (χ4v) is 11.5. The number of hydrogen-bond acceptors (Lipinski definition) is 8. The Kier molecular flexibility index (Phi) is 7.93. The van der Waals surface area contributed by atoms with Crippen molar-refractivity contribution in [2.75, 3.05) is 0 Å². The molecule has 0 atom stereocenters. The summed E-state index contributed by atoms with van der Waals surface area (Å²) in [6, 6.07) is 15.9. The minimum absolute atomic E-state index is 0.179. The van der Waals surface area contributed by atoms with Crippen LogP contribution in [0.25, 0.3) is 0 Å². The third kappa shape index (κ3) is 5.17. The van der Waals surface area contributed by atoms with E-state index in [2.05, 4.69) is 52.0 Å². The zero-order valence-corrected chi connectivity index (χ0v) is 32.1. The molecule has 0 saturated heterocycles. The predicted molar refractivity (Wildman–Crippen MR) is 192 cm³/mol. The van der Waals surface area contributed by atoms with Crippen molar-refractivity contribution in [2.45, 2.75) is 51.4 Å². The lowest BCUT2D eigenvalue weighted by molar-refractivity contribution is 0.459. The maximum atomic E-state index is 6.74. The smallest absolute Gasteiger partial charge is 0.401 e. The van der Waals surface area contributed by atoms with Crippen LogP contribution in [0.5, 0.6) is 46.0 Å². The Morgan fingerprint density at radius 2 is 0.458 bits per heavy atom. The van der Waals surface area contributed by atoms with Crippen LogP contribution in [0.3, 0.4) is 0 Å². The van der Waals surface area contributed by atoms with Gasteiger partial charge in [0.15, 0.2) is 0 Å². The average Bonchev–Trinajstić information content (AvgIpc) is 3.01. The molecule has 8 bridgehead atoms. The average molecular weight is 802 g/mol. The van der Waals surface area contributed by atoms with E-state index in [1.54, 1.807) is 0 Å². The molecule has 48 heavy (non-hydrogen) atoms. The summed E-state index contributed by atoms with van der Waals surface area (Å²) in [5.74, 6) is 3.69. The van der Waals surface area contributed by atoms with Crippen LogP contribution < -0.4 is 36.2 Å². The van der Waals surface area contributed by atoms with E-state index in [-0.39, 0.29) is 23.7 Å². The second-order valence-corrected chi connectivity index (χ2v) is 18.7. The summed E-state index contributed by atoms with van der Waals surface area (Å²) < 4.78 is 49.9. The lowest BCUT2D eigenvalue weighted by Gasteiger charge is -2.33. The largest absolute Gasteiger partial charge is 0.427 e. The van der Waals surface area contributed by atoms with Crippen LogP contribution in [-0.2, 0) is 0 Å². The van der Waals surface area contributed by atoms with Gasteiger partial charge < -0.3 is 36.2 Å². The fourth-order valence-electron chi connectivity index (χ4n) is 7.08. The van der Waals surface area contributed by atoms with E-state index >= 15 is 0 Å². The molecular weight excluding hydrogens is 778 g/mol. The first-order valence-corrected chi connectivity index (χ1v) is 23.3. The molecule has 0 N–H and O–H groups in total. The quantitative estimate of drug-likeness (QED) is 0.163. The molecule has 9 rings (SSSR count). The molecule has 4 aromatic rings. The molecule has 0 aromatic heterocycles. The molecule has 0 saturated carbocycles. The molecule has 8 nitrogen and oxygen atoms in total. The van der Waals surface area contributed by atoms with E-state index in [1.807, 2.05) is 24.3 Å². The van der Waals surface area contributed by atoms with Crippen molar-refractivity contribution in [2.24, 2.45) is 0 Å². The van der Waals surface area contributed by atoms with Gasteiger partial charge in [0.25, 0.3) is 0 Å². The molecule has 5 aliphatic rings. The molecule has 248 valence electrons. The monoisotopic (exact) mass is 800 g/mol. The number of rotatable bonds is 0. The van der Waals surface area contributed by atoms with E-state index in [0.29, 0.717) is 46.0 Å². The third-order valence-corrected chi connectivity index (χ3v) is 14.0. The molecule has 0 spiro atoms. The number of hydrogen-bond donors (Lipinski definition) is 0. The SMILES string of the molecule is CC1c2cc3c4cc2OP(Cl)Oc2cc5c(cc21)C(C)c1cc2c(cc1OP(Cl)O5)OP(Cl)Oc1cc(c(cc1C2C)C3C)OP(Cl)O4. The minimum atomic E-state index is -1.91. The first-order valence-electron chi connectivity index (χ1n) is 15.0. The highest BCUT2D eigenvalue weighted by Crippen LogP contribution is 2.62. The van der Waals surface area contributed by atoms with E-state index in [0.717, 1.165) is 44.5 Å². The van der Waals surface area contributed by atoms with E-state index < -0.39 is 30.9 Å². The Morgan fingerprint density at radius 1 is 0.312 bits per heavy atom. The number of halogens is 4. The van der Waals surface area contributed by atoms with Crippen LogP contribution >= 0.6 is 75.9 Å². The van der Waals surface area contributed by atoms with Gasteiger partial charge in [0.05, 0.1) is 0 Å². The Balaban J connectivity index is 1.40. The van der Waals surface area contributed by atoms with Crippen LogP contribution in [0.1, 0.15) is 95.9 Å². The highest BCUT2D eigenvalue weighted by Gasteiger charge is 2.38. The molecule has 1 aliphatic carbocycles. The van der Waals surface area contributed by atoms with E-state index in [1.165, 1.54) is 0 Å². The molecule has 4 heterocycles. The summed E-state index contributed by atoms with van der Waals surface area (Å²) in [7, 11) is -7.64. The fraction of sp³-hybridized carbons (Fsp3) is 0.250. The van der Waals surface area contributed by atoms with Gasteiger partial charge in [0.1, 0.15) is 46.0 Å². The second-order valence-electron chi connectivity index (χ2n) is 12.2. The van der Waals surface area contributed by atoms with Crippen LogP contribution in [0.15, 0.2) is 48.5 Å². The van der Waals surface area contributed by atoms with Crippen molar-refractivity contribution in [3.63, 3.8) is 0 Å². The topological polar surface area (TPSA) is 73.8 Å². The standard InChI is InChI=1S/C32H24Cl4O8P4/c1-13-17-5-19-14(2)21-7-23-16(4)24-8-22-15(3)20-6-18(13)26-10-28(20)40-47(35)42-30(22)12-32(24)44-48(36)43-31(23)11-29(21)41-46(34)39-27(19)9-25(17)37-45(33)38-26/h5-16H,1-4H3. The summed E-state index contributed by atoms with van der Waals surface area (Å²) >= 11 is 27.0. The second kappa shape index (κ2) is 11.9. The van der Waals surface area contributed by atoms with Crippen LogP contribution in [0, 0.1) is 0 Å². The summed E-state index contributed by atoms with van der Waals surface area (Å²) in [5, 5.41) is 0. The minimum Gasteiger partial charge on any atom is -0.427 e. The van der Waals surface area contributed by atoms with Gasteiger partial charge in [-0.1, -0.05) is 27.7 Å². The van der Waals surface area contributed by atoms with Crippen LogP contribution in [0.2, 0.25) is 0 Å². The maximum absolute atomic E-state index is 6.74. The summed E-state index contributed by atoms with van der Waals surface area (Å²) in [6.45, 7) is 8.48. The third-order valence-electron chi connectivity index (χ3n) is 9.66. The molecule has 4 aromatic carbocycles. The Hall–Kier alpha value is -1.84. The molecule has 0 amide bonds. The van der Waals surface area contributed by atoms with Gasteiger partial charge in [0, 0.05) is 92.4 Å². The van der Waals surface area contributed by atoms with Gasteiger partial charge in [-0.15, -0.1) is 0 Å². The summed E-state index contributed by atoms with van der Waals surface area (Å²) in [6.07, 6.45) is 0. The van der Waals surface area contributed by atoms with Crippen molar-refractivity contribution < 1.29 is 36.2 Å². The first kappa shape index (κ1) is 32.1. The zero-order chi connectivity index (χ0) is 33.2. The first-order chi connectivity index (χ1) is 23.0. The van der Waals surface area contributed by atoms with Crippen molar-refractivity contribution in [3.8, 4) is 46.0 Å². The Bertz CT molecular complexity index is 1630. The lowest BCUT2D eigenvalue weighted by atomic mass is 9.81. The van der Waals surface area contributed by atoms with Gasteiger partial charge in [0.2, 0.25) is 0 Å². The van der Waals surface area contributed by atoms with Gasteiger partial charge in [-0.3, -0.25) is 0 Å². The molecule has 16 heteroatoms. The Morgan fingerprint density at radius 3 is 0.604 bits per heavy atom. The van der Waals surface area contributed by atoms with Crippen molar-refractivity contribution in [1.82, 2.24) is 0 Å². The van der Waals surface area contributed by atoms with Gasteiger partial charge in [-0.2, -0.15) is 0 Å². The highest BCUT2D eigenvalue weighted by atomic mass is 35.7. The van der Waals surface area contributed by atoms with Gasteiger partial charge in [-0.25, -0.2) is 0 Å². The molecule has 0 fully saturated rings. The lowest BCUT2D eigenvalue weighted by Crippen LogP contribution is -2.15. The van der Waals surface area contributed by atoms with Gasteiger partial charge in [-0.05, 0) is 69.2 Å². The Labute approximate surface area is 300 Å².